The molecule has 0 atom stereocenters. The summed E-state index contributed by atoms with van der Waals surface area (Å²) in [5.41, 5.74) is 0.852. The molecule has 0 bridgehead atoms. The zero-order chi connectivity index (χ0) is 16.0. The first-order valence-electron chi connectivity index (χ1n) is 7.66. The Morgan fingerprint density at radius 1 is 1.13 bits per heavy atom. The van der Waals surface area contributed by atoms with Gasteiger partial charge in [0.1, 0.15) is 5.01 Å². The van der Waals surface area contributed by atoms with E-state index in [4.69, 9.17) is 0 Å². The average molecular weight is 348 g/mol. The van der Waals surface area contributed by atoms with Gasteiger partial charge in [-0.2, -0.15) is 0 Å². The summed E-state index contributed by atoms with van der Waals surface area (Å²) in [5.74, 6) is 0.539. The van der Waals surface area contributed by atoms with Gasteiger partial charge in [0.25, 0.3) is 5.91 Å². The van der Waals surface area contributed by atoms with Crippen molar-refractivity contribution >= 4 is 44.6 Å². The fourth-order valence-electron chi connectivity index (χ4n) is 2.27. The van der Waals surface area contributed by atoms with Gasteiger partial charge in [0.05, 0.1) is 9.88 Å². The summed E-state index contributed by atoms with van der Waals surface area (Å²) in [4.78, 5) is 24.8. The van der Waals surface area contributed by atoms with E-state index in [1.807, 2.05) is 13.0 Å². The van der Waals surface area contributed by atoms with Crippen molar-refractivity contribution in [2.75, 3.05) is 10.6 Å². The quantitative estimate of drug-likeness (QED) is 0.867. The van der Waals surface area contributed by atoms with E-state index in [1.165, 1.54) is 22.7 Å². The van der Waals surface area contributed by atoms with Crippen LogP contribution in [0.25, 0.3) is 0 Å². The Balaban J connectivity index is 1.44. The van der Waals surface area contributed by atoms with Crippen LogP contribution in [-0.2, 0) is 4.79 Å². The Bertz CT molecular complexity index is 774. The van der Waals surface area contributed by atoms with Gasteiger partial charge in [-0.3, -0.25) is 14.9 Å². The van der Waals surface area contributed by atoms with Crippen LogP contribution in [0.15, 0.2) is 6.07 Å². The summed E-state index contributed by atoms with van der Waals surface area (Å²) >= 11 is 2.74. The molecular formula is C15H16N4O2S2. The molecule has 0 unspecified atom stereocenters. The van der Waals surface area contributed by atoms with E-state index in [9.17, 15) is 9.59 Å². The molecule has 0 radical (unpaired) electrons. The third kappa shape index (κ3) is 3.28. The second-order valence-electron chi connectivity index (χ2n) is 6.06. The number of carbonyl (C=O) groups is 2. The topological polar surface area (TPSA) is 84.0 Å². The minimum absolute atomic E-state index is 0.0522. The minimum atomic E-state index is -0.196. The molecule has 2 aliphatic carbocycles. The van der Waals surface area contributed by atoms with Crippen LogP contribution >= 0.6 is 22.7 Å². The van der Waals surface area contributed by atoms with Crippen molar-refractivity contribution < 1.29 is 9.59 Å². The molecular weight excluding hydrogens is 332 g/mol. The second-order valence-corrected chi connectivity index (χ2v) is 8.12. The molecule has 0 spiro atoms. The molecule has 8 heteroatoms. The number of thiophene rings is 1. The Morgan fingerprint density at radius 2 is 1.91 bits per heavy atom. The molecule has 23 heavy (non-hydrogen) atoms. The van der Waals surface area contributed by atoms with Crippen molar-refractivity contribution in [1.82, 2.24) is 10.2 Å². The molecule has 0 aliphatic heterocycles. The SMILES string of the molecule is Cc1cc(NC(=O)C2CC2)sc1C(=O)Nc1nnc(C2CC2)s1. The molecule has 6 nitrogen and oxygen atoms in total. The van der Waals surface area contributed by atoms with Crippen molar-refractivity contribution in [2.45, 2.75) is 38.5 Å². The zero-order valence-corrected chi connectivity index (χ0v) is 14.2. The Morgan fingerprint density at radius 3 is 2.61 bits per heavy atom. The maximum absolute atomic E-state index is 12.4. The van der Waals surface area contributed by atoms with Crippen LogP contribution in [0.2, 0.25) is 0 Å². The fourth-order valence-corrected chi connectivity index (χ4v) is 4.15. The molecule has 2 aliphatic rings. The molecule has 2 aromatic heterocycles. The molecule has 2 aromatic rings. The van der Waals surface area contributed by atoms with Crippen molar-refractivity contribution in [3.05, 3.63) is 21.5 Å². The van der Waals surface area contributed by atoms with Gasteiger partial charge in [0.2, 0.25) is 11.0 Å². The van der Waals surface area contributed by atoms with Gasteiger partial charge in [-0.25, -0.2) is 0 Å². The summed E-state index contributed by atoms with van der Waals surface area (Å²) in [6.45, 7) is 1.87. The highest BCUT2D eigenvalue weighted by Crippen LogP contribution is 2.42. The normalized spacial score (nSPS) is 17.1. The number of hydrogen-bond acceptors (Lipinski definition) is 6. The number of aryl methyl sites for hydroxylation is 1. The third-order valence-electron chi connectivity index (χ3n) is 3.91. The van der Waals surface area contributed by atoms with E-state index < -0.39 is 0 Å². The first-order valence-corrected chi connectivity index (χ1v) is 9.29. The largest absolute Gasteiger partial charge is 0.317 e. The van der Waals surface area contributed by atoms with E-state index in [0.717, 1.165) is 41.3 Å². The standard InChI is InChI=1S/C15H16N4O2S2/c1-7-6-10(16-12(20)8-2-3-8)22-11(7)13(21)17-15-19-18-14(23-15)9-4-5-9/h6,8-9H,2-5H2,1H3,(H,16,20)(H,17,19,21). The van der Waals surface area contributed by atoms with E-state index in [1.54, 1.807) is 0 Å². The van der Waals surface area contributed by atoms with Gasteiger partial charge in [-0.1, -0.05) is 11.3 Å². The minimum Gasteiger partial charge on any atom is -0.317 e. The van der Waals surface area contributed by atoms with Gasteiger partial charge in [0.15, 0.2) is 0 Å². The van der Waals surface area contributed by atoms with Crippen molar-refractivity contribution in [2.24, 2.45) is 5.92 Å². The molecule has 120 valence electrons. The number of hydrogen-bond donors (Lipinski definition) is 2. The van der Waals surface area contributed by atoms with Crippen LogP contribution in [0.4, 0.5) is 10.1 Å². The molecule has 4 rings (SSSR count). The number of nitrogens with one attached hydrogen (secondary N) is 2. The monoisotopic (exact) mass is 348 g/mol. The summed E-state index contributed by atoms with van der Waals surface area (Å²) < 4.78 is 0. The number of rotatable bonds is 5. The van der Waals surface area contributed by atoms with Crippen LogP contribution in [0.5, 0.6) is 0 Å². The van der Waals surface area contributed by atoms with Gasteiger partial charge < -0.3 is 5.32 Å². The Kier molecular flexibility index (Phi) is 3.65. The number of aromatic nitrogens is 2. The average Bonchev–Trinajstić information content (AvgIpc) is 3.43. The summed E-state index contributed by atoms with van der Waals surface area (Å²) in [7, 11) is 0. The van der Waals surface area contributed by atoms with Crippen molar-refractivity contribution in [3.8, 4) is 0 Å². The summed E-state index contributed by atoms with van der Waals surface area (Å²) in [6, 6.07) is 1.84. The van der Waals surface area contributed by atoms with Gasteiger partial charge in [-0.15, -0.1) is 21.5 Å². The highest BCUT2D eigenvalue weighted by atomic mass is 32.1. The van der Waals surface area contributed by atoms with E-state index in [0.29, 0.717) is 15.9 Å². The molecule has 0 aromatic carbocycles. The lowest BCUT2D eigenvalue weighted by molar-refractivity contribution is -0.117. The van der Waals surface area contributed by atoms with Crippen LogP contribution < -0.4 is 10.6 Å². The van der Waals surface area contributed by atoms with Crippen molar-refractivity contribution in [3.63, 3.8) is 0 Å². The number of nitrogens with zero attached hydrogens (tertiary/aromatic N) is 2. The van der Waals surface area contributed by atoms with Gasteiger partial charge in [0, 0.05) is 11.8 Å². The lowest BCUT2D eigenvalue weighted by Gasteiger charge is -2.00. The number of carbonyl (C=O) groups excluding carboxylic acids is 2. The van der Waals surface area contributed by atoms with Gasteiger partial charge >= 0.3 is 0 Å². The van der Waals surface area contributed by atoms with E-state index in [2.05, 4.69) is 20.8 Å². The first kappa shape index (κ1) is 14.8. The van der Waals surface area contributed by atoms with E-state index >= 15 is 0 Å². The summed E-state index contributed by atoms with van der Waals surface area (Å²) in [5, 5.41) is 16.1. The smallest absolute Gasteiger partial charge is 0.267 e. The molecule has 2 saturated carbocycles. The Labute approximate surface area is 141 Å². The van der Waals surface area contributed by atoms with Crippen LogP contribution in [0.3, 0.4) is 0 Å². The number of anilines is 2. The zero-order valence-electron chi connectivity index (χ0n) is 12.6. The maximum atomic E-state index is 12.4. The second kappa shape index (κ2) is 5.68. The highest BCUT2D eigenvalue weighted by Gasteiger charge is 2.30. The van der Waals surface area contributed by atoms with Crippen LogP contribution in [0.1, 0.15) is 51.8 Å². The molecule has 2 heterocycles. The fraction of sp³-hybridized carbons (Fsp3) is 0.467. The molecule has 2 N–H and O–H groups in total. The van der Waals surface area contributed by atoms with Crippen LogP contribution in [-0.4, -0.2) is 22.0 Å². The lowest BCUT2D eigenvalue weighted by atomic mass is 10.3. The predicted molar refractivity (Wildman–Crippen MR) is 90.2 cm³/mol. The van der Waals surface area contributed by atoms with E-state index in [-0.39, 0.29) is 17.7 Å². The third-order valence-corrected chi connectivity index (χ3v) is 6.06. The maximum Gasteiger partial charge on any atom is 0.267 e. The lowest BCUT2D eigenvalue weighted by Crippen LogP contribution is -2.12. The van der Waals surface area contributed by atoms with Crippen molar-refractivity contribution in [1.29, 1.82) is 0 Å². The molecule has 0 saturated heterocycles. The number of amides is 2. The first-order chi connectivity index (χ1) is 11.1. The highest BCUT2D eigenvalue weighted by molar-refractivity contribution is 7.18. The molecule has 2 fully saturated rings. The van der Waals surface area contributed by atoms with Crippen LogP contribution in [0, 0.1) is 12.8 Å². The summed E-state index contributed by atoms with van der Waals surface area (Å²) in [6.07, 6.45) is 4.25. The molecule has 2 amide bonds. The van der Waals surface area contributed by atoms with Gasteiger partial charge in [-0.05, 0) is 44.2 Å². The predicted octanol–water partition coefficient (Wildman–Crippen LogP) is 3.39. The Hall–Kier alpha value is -1.80.